The normalized spacial score (nSPS) is 21.5. The molecule has 1 fully saturated rings. The van der Waals surface area contributed by atoms with Crippen molar-refractivity contribution < 1.29 is 13.5 Å². The molecule has 0 aromatic heterocycles. The Morgan fingerprint density at radius 3 is 2.79 bits per heavy atom. The highest BCUT2D eigenvalue weighted by Gasteiger charge is 2.34. The fraction of sp³-hybridized carbons (Fsp3) is 0.538. The van der Waals surface area contributed by atoms with Crippen LogP contribution in [0.15, 0.2) is 27.6 Å². The second kappa shape index (κ2) is 5.91. The summed E-state index contributed by atoms with van der Waals surface area (Å²) >= 11 is 3.32. The summed E-state index contributed by atoms with van der Waals surface area (Å²) < 4.78 is 27.4. The maximum absolute atomic E-state index is 12.7. The summed E-state index contributed by atoms with van der Waals surface area (Å²) in [5.41, 5.74) is 1.00. The zero-order valence-corrected chi connectivity index (χ0v) is 13.2. The number of halogens is 1. The van der Waals surface area contributed by atoms with Gasteiger partial charge in [-0.25, -0.2) is 8.42 Å². The highest BCUT2D eigenvalue weighted by molar-refractivity contribution is 9.10. The minimum absolute atomic E-state index is 0.122. The summed E-state index contributed by atoms with van der Waals surface area (Å²) in [7, 11) is -3.54. The van der Waals surface area contributed by atoms with E-state index in [1.165, 1.54) is 4.31 Å². The van der Waals surface area contributed by atoms with Gasteiger partial charge in [0.05, 0.1) is 11.5 Å². The molecular formula is C13H18BrNO3S. The topological polar surface area (TPSA) is 57.6 Å². The first-order valence-corrected chi connectivity index (χ1v) is 8.59. The minimum atomic E-state index is -3.54. The lowest BCUT2D eigenvalue weighted by Crippen LogP contribution is -2.45. The molecule has 1 heterocycles. The van der Waals surface area contributed by atoms with E-state index in [0.717, 1.165) is 24.8 Å². The van der Waals surface area contributed by atoms with Gasteiger partial charge < -0.3 is 5.11 Å². The van der Waals surface area contributed by atoms with Gasteiger partial charge >= 0.3 is 0 Å². The molecule has 1 saturated heterocycles. The molecule has 0 saturated carbocycles. The molecule has 0 bridgehead atoms. The van der Waals surface area contributed by atoms with Crippen LogP contribution in [0.4, 0.5) is 0 Å². The minimum Gasteiger partial charge on any atom is -0.395 e. The summed E-state index contributed by atoms with van der Waals surface area (Å²) in [5, 5.41) is 9.37. The van der Waals surface area contributed by atoms with Crippen LogP contribution < -0.4 is 0 Å². The van der Waals surface area contributed by atoms with E-state index < -0.39 is 10.0 Å². The van der Waals surface area contributed by atoms with Crippen molar-refractivity contribution in [1.29, 1.82) is 0 Å². The van der Waals surface area contributed by atoms with Gasteiger partial charge in [0.25, 0.3) is 0 Å². The molecule has 1 aromatic carbocycles. The lowest BCUT2D eigenvalue weighted by Gasteiger charge is -2.33. The highest BCUT2D eigenvalue weighted by Crippen LogP contribution is 2.30. The van der Waals surface area contributed by atoms with Gasteiger partial charge in [0.15, 0.2) is 0 Å². The van der Waals surface area contributed by atoms with Crippen LogP contribution in [0.1, 0.15) is 24.8 Å². The van der Waals surface area contributed by atoms with E-state index in [9.17, 15) is 13.5 Å². The van der Waals surface area contributed by atoms with Gasteiger partial charge in [-0.1, -0.05) is 12.5 Å². The molecule has 0 spiro atoms. The maximum Gasteiger partial charge on any atom is 0.244 e. The van der Waals surface area contributed by atoms with Gasteiger partial charge in [-0.05, 0) is 53.4 Å². The molecule has 0 aliphatic carbocycles. The van der Waals surface area contributed by atoms with E-state index in [-0.39, 0.29) is 17.5 Å². The van der Waals surface area contributed by atoms with E-state index in [1.54, 1.807) is 18.2 Å². The Morgan fingerprint density at radius 2 is 2.16 bits per heavy atom. The van der Waals surface area contributed by atoms with Crippen LogP contribution in [0, 0.1) is 6.92 Å². The van der Waals surface area contributed by atoms with Crippen LogP contribution in [0.3, 0.4) is 0 Å². The van der Waals surface area contributed by atoms with E-state index in [2.05, 4.69) is 15.9 Å². The summed E-state index contributed by atoms with van der Waals surface area (Å²) in [6.45, 7) is 2.27. The number of nitrogens with zero attached hydrogens (tertiary/aromatic N) is 1. The summed E-state index contributed by atoms with van der Waals surface area (Å²) in [6, 6.07) is 4.91. The third-order valence-electron chi connectivity index (χ3n) is 3.46. The van der Waals surface area contributed by atoms with Crippen LogP contribution >= 0.6 is 15.9 Å². The first-order chi connectivity index (χ1) is 8.96. The summed E-state index contributed by atoms with van der Waals surface area (Å²) in [4.78, 5) is 0.276. The third-order valence-corrected chi connectivity index (χ3v) is 6.39. The van der Waals surface area contributed by atoms with E-state index in [0.29, 0.717) is 11.0 Å². The molecule has 1 aromatic rings. The Labute approximate surface area is 122 Å². The predicted molar refractivity (Wildman–Crippen MR) is 77.5 cm³/mol. The first kappa shape index (κ1) is 15.0. The van der Waals surface area contributed by atoms with Crippen LogP contribution in [-0.4, -0.2) is 37.0 Å². The lowest BCUT2D eigenvalue weighted by atomic mass is 10.1. The van der Waals surface area contributed by atoms with Crippen molar-refractivity contribution in [2.45, 2.75) is 37.1 Å². The van der Waals surface area contributed by atoms with Crippen LogP contribution in [0.5, 0.6) is 0 Å². The molecule has 1 aliphatic rings. The molecule has 0 amide bonds. The van der Waals surface area contributed by atoms with Crippen molar-refractivity contribution in [3.8, 4) is 0 Å². The average molecular weight is 348 g/mol. The first-order valence-electron chi connectivity index (χ1n) is 6.35. The number of aryl methyl sites for hydroxylation is 1. The average Bonchev–Trinajstić information content (AvgIpc) is 2.38. The molecule has 1 atom stereocenters. The van der Waals surface area contributed by atoms with E-state index in [4.69, 9.17) is 0 Å². The molecule has 4 nitrogen and oxygen atoms in total. The number of piperidine rings is 1. The zero-order chi connectivity index (χ0) is 14.0. The van der Waals surface area contributed by atoms with Gasteiger partial charge in [0.2, 0.25) is 10.0 Å². The van der Waals surface area contributed by atoms with E-state index >= 15 is 0 Å². The Hall–Kier alpha value is -0.430. The van der Waals surface area contributed by atoms with Crippen molar-refractivity contribution >= 4 is 26.0 Å². The molecule has 0 radical (unpaired) electrons. The Balaban J connectivity index is 2.40. The van der Waals surface area contributed by atoms with Crippen molar-refractivity contribution in [2.24, 2.45) is 0 Å². The molecule has 106 valence electrons. The van der Waals surface area contributed by atoms with Crippen molar-refractivity contribution in [3.63, 3.8) is 0 Å². The molecule has 19 heavy (non-hydrogen) atoms. The van der Waals surface area contributed by atoms with Gasteiger partial charge in [0, 0.05) is 17.1 Å². The Morgan fingerprint density at radius 1 is 1.42 bits per heavy atom. The quantitative estimate of drug-likeness (QED) is 0.912. The van der Waals surface area contributed by atoms with Gasteiger partial charge in [0.1, 0.15) is 0 Å². The van der Waals surface area contributed by atoms with Gasteiger partial charge in [-0.3, -0.25) is 0 Å². The highest BCUT2D eigenvalue weighted by atomic mass is 79.9. The molecular weight excluding hydrogens is 330 g/mol. The molecule has 6 heteroatoms. The second-order valence-electron chi connectivity index (χ2n) is 4.88. The number of aliphatic hydroxyl groups is 1. The number of hydrogen-bond donors (Lipinski definition) is 1. The van der Waals surface area contributed by atoms with Crippen molar-refractivity contribution in [1.82, 2.24) is 4.31 Å². The monoisotopic (exact) mass is 347 g/mol. The Kier molecular flexibility index (Phi) is 4.66. The van der Waals surface area contributed by atoms with E-state index in [1.807, 2.05) is 6.92 Å². The van der Waals surface area contributed by atoms with Crippen LogP contribution in [-0.2, 0) is 10.0 Å². The molecule has 1 N–H and O–H groups in total. The maximum atomic E-state index is 12.7. The lowest BCUT2D eigenvalue weighted by molar-refractivity contribution is 0.155. The van der Waals surface area contributed by atoms with Gasteiger partial charge in [-0.15, -0.1) is 0 Å². The molecule has 1 unspecified atom stereocenters. The smallest absolute Gasteiger partial charge is 0.244 e. The SMILES string of the molecule is Cc1ccc(S(=O)(=O)N2CCCCC2CO)c(Br)c1. The number of rotatable bonds is 3. The van der Waals surface area contributed by atoms with Crippen LogP contribution in [0.25, 0.3) is 0 Å². The van der Waals surface area contributed by atoms with Crippen LogP contribution in [0.2, 0.25) is 0 Å². The van der Waals surface area contributed by atoms with Gasteiger partial charge in [-0.2, -0.15) is 4.31 Å². The second-order valence-corrected chi connectivity index (χ2v) is 7.60. The molecule has 2 rings (SSSR count). The number of sulfonamides is 1. The molecule has 1 aliphatic heterocycles. The predicted octanol–water partition coefficient (Wildman–Crippen LogP) is 2.29. The largest absolute Gasteiger partial charge is 0.395 e. The zero-order valence-electron chi connectivity index (χ0n) is 10.8. The summed E-state index contributed by atoms with van der Waals surface area (Å²) in [5.74, 6) is 0. The fourth-order valence-electron chi connectivity index (χ4n) is 2.41. The van der Waals surface area contributed by atoms with Crippen molar-refractivity contribution in [3.05, 3.63) is 28.2 Å². The standard InChI is InChI=1S/C13H18BrNO3S/c1-10-5-6-13(12(14)8-10)19(17,18)15-7-3-2-4-11(15)9-16/h5-6,8,11,16H,2-4,7,9H2,1H3. The summed E-state index contributed by atoms with van der Waals surface area (Å²) in [6.07, 6.45) is 2.53. The third kappa shape index (κ3) is 3.02. The number of hydrogen-bond acceptors (Lipinski definition) is 3. The van der Waals surface area contributed by atoms with Crippen molar-refractivity contribution in [2.75, 3.05) is 13.2 Å². The fourth-order valence-corrected chi connectivity index (χ4v) is 5.25. The Bertz CT molecular complexity index is 559. The number of benzene rings is 1. The number of aliphatic hydroxyl groups excluding tert-OH is 1.